The molecule has 0 spiro atoms. The Labute approximate surface area is 101 Å². The molecule has 1 aliphatic carbocycles. The lowest BCUT2D eigenvalue weighted by Crippen LogP contribution is -2.28. The van der Waals surface area contributed by atoms with Crippen LogP contribution >= 0.6 is 0 Å². The number of methoxy groups -OCH3 is 1. The molecular weight excluding hydrogens is 216 g/mol. The number of hydrogen-bond acceptors (Lipinski definition) is 4. The normalized spacial score (nSPS) is 18.5. The van der Waals surface area contributed by atoms with Crippen LogP contribution in [-0.4, -0.2) is 24.6 Å². The third-order valence-corrected chi connectivity index (χ3v) is 3.14. The van der Waals surface area contributed by atoms with Crippen LogP contribution in [0.4, 0.5) is 0 Å². The summed E-state index contributed by atoms with van der Waals surface area (Å²) in [7, 11) is 1.42. The molecule has 1 aromatic rings. The second kappa shape index (κ2) is 5.77. The SMILES string of the molecule is COC(=O)CCN[C@H]1CCCc2cccnc21. The average Bonchev–Trinajstić information content (AvgIpc) is 2.39. The monoisotopic (exact) mass is 234 g/mol. The maximum atomic E-state index is 11.0. The maximum absolute atomic E-state index is 11.0. The van der Waals surface area contributed by atoms with Crippen LogP contribution < -0.4 is 5.32 Å². The lowest BCUT2D eigenvalue weighted by molar-refractivity contribution is -0.140. The number of hydrogen-bond donors (Lipinski definition) is 1. The van der Waals surface area contributed by atoms with Gasteiger partial charge in [-0.2, -0.15) is 0 Å². The molecule has 0 radical (unpaired) electrons. The van der Waals surface area contributed by atoms with E-state index in [2.05, 4.69) is 21.1 Å². The van der Waals surface area contributed by atoms with Crippen LogP contribution in [0.15, 0.2) is 18.3 Å². The highest BCUT2D eigenvalue weighted by Crippen LogP contribution is 2.27. The molecular formula is C13H18N2O2. The summed E-state index contributed by atoms with van der Waals surface area (Å²) in [6.45, 7) is 0.646. The van der Waals surface area contributed by atoms with Gasteiger partial charge in [0.1, 0.15) is 0 Å². The first-order valence-corrected chi connectivity index (χ1v) is 6.05. The van der Waals surface area contributed by atoms with Gasteiger partial charge in [-0.3, -0.25) is 9.78 Å². The van der Waals surface area contributed by atoms with Crippen molar-refractivity contribution >= 4 is 5.97 Å². The lowest BCUT2D eigenvalue weighted by atomic mass is 9.92. The smallest absolute Gasteiger partial charge is 0.306 e. The van der Waals surface area contributed by atoms with Crippen LogP contribution in [0.25, 0.3) is 0 Å². The van der Waals surface area contributed by atoms with Crippen molar-refractivity contribution in [1.82, 2.24) is 10.3 Å². The number of carbonyl (C=O) groups is 1. The summed E-state index contributed by atoms with van der Waals surface area (Å²) >= 11 is 0. The summed E-state index contributed by atoms with van der Waals surface area (Å²) in [5, 5.41) is 3.38. The van der Waals surface area contributed by atoms with Crippen molar-refractivity contribution in [3.05, 3.63) is 29.6 Å². The standard InChI is InChI=1S/C13H18N2O2/c1-17-12(16)7-9-14-11-6-2-4-10-5-3-8-15-13(10)11/h3,5,8,11,14H,2,4,6-7,9H2,1H3/t11-/m0/s1. The first-order valence-electron chi connectivity index (χ1n) is 6.05. The molecule has 1 aliphatic rings. The molecule has 0 saturated heterocycles. The summed E-state index contributed by atoms with van der Waals surface area (Å²) < 4.78 is 4.61. The first kappa shape index (κ1) is 12.0. The van der Waals surface area contributed by atoms with E-state index >= 15 is 0 Å². The van der Waals surface area contributed by atoms with Crippen LogP contribution in [0.3, 0.4) is 0 Å². The van der Waals surface area contributed by atoms with Gasteiger partial charge < -0.3 is 10.1 Å². The Morgan fingerprint density at radius 2 is 2.53 bits per heavy atom. The van der Waals surface area contributed by atoms with Crippen molar-refractivity contribution in [3.63, 3.8) is 0 Å². The van der Waals surface area contributed by atoms with E-state index in [1.807, 2.05) is 12.3 Å². The van der Waals surface area contributed by atoms with Crippen molar-refractivity contribution in [2.45, 2.75) is 31.7 Å². The molecule has 92 valence electrons. The molecule has 1 N–H and O–H groups in total. The minimum Gasteiger partial charge on any atom is -0.469 e. The minimum absolute atomic E-state index is 0.172. The van der Waals surface area contributed by atoms with Gasteiger partial charge in [-0.25, -0.2) is 0 Å². The molecule has 4 heteroatoms. The van der Waals surface area contributed by atoms with E-state index in [9.17, 15) is 4.79 Å². The Morgan fingerprint density at radius 1 is 1.65 bits per heavy atom. The number of pyridine rings is 1. The third kappa shape index (κ3) is 3.03. The van der Waals surface area contributed by atoms with E-state index in [0.717, 1.165) is 18.5 Å². The van der Waals surface area contributed by atoms with Gasteiger partial charge in [-0.1, -0.05) is 6.07 Å². The predicted octanol–water partition coefficient (Wildman–Crippen LogP) is 1.61. The quantitative estimate of drug-likeness (QED) is 0.804. The van der Waals surface area contributed by atoms with Crippen molar-refractivity contribution in [1.29, 1.82) is 0 Å². The maximum Gasteiger partial charge on any atom is 0.306 e. The number of aromatic nitrogens is 1. The molecule has 1 atom stereocenters. The molecule has 1 aromatic heterocycles. The Kier molecular flexibility index (Phi) is 4.09. The van der Waals surface area contributed by atoms with Gasteiger partial charge in [0.25, 0.3) is 0 Å². The van der Waals surface area contributed by atoms with E-state index in [1.165, 1.54) is 19.1 Å². The molecule has 17 heavy (non-hydrogen) atoms. The zero-order valence-electron chi connectivity index (χ0n) is 10.1. The van der Waals surface area contributed by atoms with Gasteiger partial charge in [0.15, 0.2) is 0 Å². The Morgan fingerprint density at radius 3 is 3.35 bits per heavy atom. The van der Waals surface area contributed by atoms with Gasteiger partial charge in [-0.05, 0) is 30.9 Å². The van der Waals surface area contributed by atoms with E-state index < -0.39 is 0 Å². The lowest BCUT2D eigenvalue weighted by Gasteiger charge is -2.25. The number of nitrogens with zero attached hydrogens (tertiary/aromatic N) is 1. The number of rotatable bonds is 4. The van der Waals surface area contributed by atoms with Crippen LogP contribution in [0, 0.1) is 0 Å². The third-order valence-electron chi connectivity index (χ3n) is 3.14. The fraction of sp³-hybridized carbons (Fsp3) is 0.538. The van der Waals surface area contributed by atoms with Crippen molar-refractivity contribution < 1.29 is 9.53 Å². The van der Waals surface area contributed by atoms with E-state index in [4.69, 9.17) is 0 Å². The van der Waals surface area contributed by atoms with Crippen molar-refractivity contribution in [2.75, 3.05) is 13.7 Å². The van der Waals surface area contributed by atoms with Gasteiger partial charge in [0, 0.05) is 18.8 Å². The second-order valence-corrected chi connectivity index (χ2v) is 4.27. The molecule has 0 unspecified atom stereocenters. The number of carbonyl (C=O) groups excluding carboxylic acids is 1. The number of ether oxygens (including phenoxy) is 1. The number of esters is 1. The highest BCUT2D eigenvalue weighted by atomic mass is 16.5. The zero-order valence-corrected chi connectivity index (χ0v) is 10.1. The molecule has 0 fully saturated rings. The van der Waals surface area contributed by atoms with Gasteiger partial charge in [0.05, 0.1) is 19.2 Å². The summed E-state index contributed by atoms with van der Waals surface area (Å²) in [6.07, 6.45) is 5.62. The highest BCUT2D eigenvalue weighted by Gasteiger charge is 2.20. The molecule has 0 bridgehead atoms. The summed E-state index contributed by atoms with van der Waals surface area (Å²) in [4.78, 5) is 15.5. The summed E-state index contributed by atoms with van der Waals surface area (Å²) in [5.74, 6) is -0.172. The van der Waals surface area contributed by atoms with Crippen molar-refractivity contribution in [2.24, 2.45) is 0 Å². The van der Waals surface area contributed by atoms with Crippen molar-refractivity contribution in [3.8, 4) is 0 Å². The van der Waals surface area contributed by atoms with E-state index in [1.54, 1.807) is 0 Å². The molecule has 1 heterocycles. The van der Waals surface area contributed by atoms with E-state index in [-0.39, 0.29) is 12.0 Å². The first-order chi connectivity index (χ1) is 8.31. The molecule has 4 nitrogen and oxygen atoms in total. The fourth-order valence-corrected chi connectivity index (χ4v) is 2.26. The van der Waals surface area contributed by atoms with Crippen LogP contribution in [-0.2, 0) is 16.0 Å². The van der Waals surface area contributed by atoms with Crippen LogP contribution in [0.1, 0.15) is 36.6 Å². The number of fused-ring (bicyclic) bond motifs is 1. The summed E-state index contributed by atoms with van der Waals surface area (Å²) in [6, 6.07) is 4.40. The van der Waals surface area contributed by atoms with Gasteiger partial charge in [-0.15, -0.1) is 0 Å². The average molecular weight is 234 g/mol. The Bertz CT molecular complexity index is 393. The molecule has 0 saturated carbocycles. The molecule has 2 rings (SSSR count). The van der Waals surface area contributed by atoms with Crippen LogP contribution in [0.5, 0.6) is 0 Å². The fourth-order valence-electron chi connectivity index (χ4n) is 2.26. The molecule has 0 aliphatic heterocycles. The molecule has 0 aromatic carbocycles. The Hall–Kier alpha value is -1.42. The minimum atomic E-state index is -0.172. The second-order valence-electron chi connectivity index (χ2n) is 4.27. The van der Waals surface area contributed by atoms with Gasteiger partial charge in [0.2, 0.25) is 0 Å². The predicted molar refractivity (Wildman–Crippen MR) is 64.6 cm³/mol. The van der Waals surface area contributed by atoms with Crippen LogP contribution in [0.2, 0.25) is 0 Å². The number of nitrogens with one attached hydrogen (secondary N) is 1. The largest absolute Gasteiger partial charge is 0.469 e. The van der Waals surface area contributed by atoms with E-state index in [0.29, 0.717) is 13.0 Å². The number of aryl methyl sites for hydroxylation is 1. The zero-order chi connectivity index (χ0) is 12.1. The highest BCUT2D eigenvalue weighted by molar-refractivity contribution is 5.69. The molecule has 0 amide bonds. The topological polar surface area (TPSA) is 51.2 Å². The van der Waals surface area contributed by atoms with Gasteiger partial charge >= 0.3 is 5.97 Å². The Balaban J connectivity index is 1.92. The summed E-state index contributed by atoms with van der Waals surface area (Å²) in [5.41, 5.74) is 2.47.